The van der Waals surface area contributed by atoms with Crippen LogP contribution in [0.1, 0.15) is 5.56 Å². The molecule has 3 heteroatoms. The fourth-order valence-electron chi connectivity index (χ4n) is 0.956. The van der Waals surface area contributed by atoms with E-state index in [1.807, 2.05) is 31.1 Å². The average molecular weight is 168 g/mol. The summed E-state index contributed by atoms with van der Waals surface area (Å²) in [6.07, 6.45) is 1.79. The van der Waals surface area contributed by atoms with Crippen LogP contribution in [0.15, 0.2) is 18.3 Å². The smallest absolute Gasteiger partial charge is 0.132 e. The lowest BCUT2D eigenvalue weighted by atomic mass is 10.3. The fourth-order valence-corrected chi connectivity index (χ4v) is 1.20. The van der Waals surface area contributed by atoms with Crippen LogP contribution >= 0.6 is 12.6 Å². The number of rotatable bonds is 2. The van der Waals surface area contributed by atoms with E-state index in [1.54, 1.807) is 6.20 Å². The average Bonchev–Trinajstić information content (AvgIpc) is 2.04. The quantitative estimate of drug-likeness (QED) is 0.675. The molecule has 0 bridgehead atoms. The monoisotopic (exact) mass is 168 g/mol. The zero-order valence-electron chi connectivity index (χ0n) is 6.78. The summed E-state index contributed by atoms with van der Waals surface area (Å²) in [7, 11) is 3.96. The molecule has 0 fully saturated rings. The van der Waals surface area contributed by atoms with Gasteiger partial charge in [0.1, 0.15) is 5.82 Å². The molecule has 0 aromatic carbocycles. The van der Waals surface area contributed by atoms with Crippen molar-refractivity contribution in [1.29, 1.82) is 0 Å². The molecule has 0 saturated heterocycles. The topological polar surface area (TPSA) is 16.1 Å². The van der Waals surface area contributed by atoms with Crippen LogP contribution < -0.4 is 4.90 Å². The Morgan fingerprint density at radius 1 is 1.55 bits per heavy atom. The minimum Gasteiger partial charge on any atom is -0.362 e. The van der Waals surface area contributed by atoms with Gasteiger partial charge in [-0.1, -0.05) is 6.07 Å². The van der Waals surface area contributed by atoms with E-state index in [0.29, 0.717) is 0 Å². The van der Waals surface area contributed by atoms with E-state index in [0.717, 1.165) is 11.6 Å². The van der Waals surface area contributed by atoms with Gasteiger partial charge in [0.2, 0.25) is 0 Å². The fraction of sp³-hybridized carbons (Fsp3) is 0.375. The standard InChI is InChI=1S/C8H12N2S/c1-10(2)8-7(6-11)4-3-5-9-8/h3-5,11H,6H2,1-2H3. The van der Waals surface area contributed by atoms with Gasteiger partial charge in [0.05, 0.1) is 0 Å². The van der Waals surface area contributed by atoms with E-state index in [9.17, 15) is 0 Å². The Kier molecular flexibility index (Phi) is 2.76. The van der Waals surface area contributed by atoms with Crippen molar-refractivity contribution in [3.8, 4) is 0 Å². The predicted molar refractivity (Wildman–Crippen MR) is 51.3 cm³/mol. The Morgan fingerprint density at radius 3 is 2.73 bits per heavy atom. The number of anilines is 1. The van der Waals surface area contributed by atoms with Gasteiger partial charge in [-0.25, -0.2) is 4.98 Å². The molecule has 0 aliphatic rings. The van der Waals surface area contributed by atoms with E-state index in [1.165, 1.54) is 5.56 Å². The molecular weight excluding hydrogens is 156 g/mol. The molecule has 0 atom stereocenters. The number of nitrogens with zero attached hydrogens (tertiary/aromatic N) is 2. The third-order valence-corrected chi connectivity index (χ3v) is 1.80. The molecule has 60 valence electrons. The zero-order valence-corrected chi connectivity index (χ0v) is 7.68. The number of hydrogen-bond donors (Lipinski definition) is 1. The molecule has 1 rings (SSSR count). The molecule has 0 aliphatic carbocycles. The second kappa shape index (κ2) is 3.62. The maximum absolute atomic E-state index is 4.23. The van der Waals surface area contributed by atoms with E-state index in [4.69, 9.17) is 0 Å². The molecule has 0 unspecified atom stereocenters. The van der Waals surface area contributed by atoms with Crippen LogP contribution in [-0.4, -0.2) is 19.1 Å². The number of aromatic nitrogens is 1. The Morgan fingerprint density at radius 2 is 2.27 bits per heavy atom. The zero-order chi connectivity index (χ0) is 8.27. The molecule has 0 spiro atoms. The van der Waals surface area contributed by atoms with Gasteiger partial charge in [-0.05, 0) is 6.07 Å². The van der Waals surface area contributed by atoms with Gasteiger partial charge in [-0.15, -0.1) is 0 Å². The van der Waals surface area contributed by atoms with E-state index in [2.05, 4.69) is 17.6 Å². The van der Waals surface area contributed by atoms with Gasteiger partial charge in [-0.3, -0.25) is 0 Å². The van der Waals surface area contributed by atoms with E-state index in [-0.39, 0.29) is 0 Å². The van der Waals surface area contributed by atoms with Crippen molar-refractivity contribution >= 4 is 18.4 Å². The number of hydrogen-bond acceptors (Lipinski definition) is 3. The second-order valence-electron chi connectivity index (χ2n) is 2.54. The van der Waals surface area contributed by atoms with Crippen molar-refractivity contribution in [2.45, 2.75) is 5.75 Å². The maximum atomic E-state index is 4.23. The highest BCUT2D eigenvalue weighted by molar-refractivity contribution is 7.79. The van der Waals surface area contributed by atoms with E-state index < -0.39 is 0 Å². The van der Waals surface area contributed by atoms with Crippen molar-refractivity contribution in [1.82, 2.24) is 4.98 Å². The van der Waals surface area contributed by atoms with Crippen molar-refractivity contribution in [2.75, 3.05) is 19.0 Å². The maximum Gasteiger partial charge on any atom is 0.132 e. The molecule has 1 aromatic rings. The third-order valence-electron chi connectivity index (χ3n) is 1.46. The Labute approximate surface area is 72.7 Å². The molecule has 0 amide bonds. The summed E-state index contributed by atoms with van der Waals surface area (Å²) in [5.41, 5.74) is 1.17. The second-order valence-corrected chi connectivity index (χ2v) is 2.85. The molecule has 2 nitrogen and oxygen atoms in total. The van der Waals surface area contributed by atoms with Gasteiger partial charge < -0.3 is 4.90 Å². The number of thiol groups is 1. The third kappa shape index (κ3) is 1.87. The summed E-state index contributed by atoms with van der Waals surface area (Å²) in [5.74, 6) is 1.74. The van der Waals surface area contributed by atoms with Gasteiger partial charge in [-0.2, -0.15) is 12.6 Å². The molecule has 1 heterocycles. The highest BCUT2D eigenvalue weighted by atomic mass is 32.1. The summed E-state index contributed by atoms with van der Waals surface area (Å²) in [4.78, 5) is 6.22. The van der Waals surface area contributed by atoms with E-state index >= 15 is 0 Å². The van der Waals surface area contributed by atoms with Crippen LogP contribution in [0.5, 0.6) is 0 Å². The first-order valence-corrected chi connectivity index (χ1v) is 4.11. The van der Waals surface area contributed by atoms with Gasteiger partial charge in [0, 0.05) is 31.6 Å². The summed E-state index contributed by atoms with van der Waals surface area (Å²) in [6.45, 7) is 0. The number of pyridine rings is 1. The Bertz CT molecular complexity index is 235. The van der Waals surface area contributed by atoms with Crippen LogP contribution in [0, 0.1) is 0 Å². The minimum atomic E-state index is 0.737. The van der Waals surface area contributed by atoms with Crippen molar-refractivity contribution in [3.63, 3.8) is 0 Å². The molecule has 0 aliphatic heterocycles. The predicted octanol–water partition coefficient (Wildman–Crippen LogP) is 1.58. The SMILES string of the molecule is CN(C)c1ncccc1CS. The summed E-state index contributed by atoms with van der Waals surface area (Å²) < 4.78 is 0. The Balaban J connectivity index is 3.02. The highest BCUT2D eigenvalue weighted by Gasteiger charge is 2.01. The van der Waals surface area contributed by atoms with Gasteiger partial charge in [0.15, 0.2) is 0 Å². The highest BCUT2D eigenvalue weighted by Crippen LogP contribution is 2.15. The summed E-state index contributed by atoms with van der Waals surface area (Å²) in [6, 6.07) is 3.97. The van der Waals surface area contributed by atoms with Crippen LogP contribution in [-0.2, 0) is 5.75 Å². The molecule has 0 N–H and O–H groups in total. The first-order chi connectivity index (χ1) is 5.25. The lowest BCUT2D eigenvalue weighted by Gasteiger charge is -2.13. The normalized spacial score (nSPS) is 9.73. The van der Waals surface area contributed by atoms with Crippen LogP contribution in [0.2, 0.25) is 0 Å². The largest absolute Gasteiger partial charge is 0.362 e. The summed E-state index contributed by atoms with van der Waals surface area (Å²) in [5, 5.41) is 0. The Hall–Kier alpha value is -0.700. The molecular formula is C8H12N2S. The minimum absolute atomic E-state index is 0.737. The van der Waals surface area contributed by atoms with Gasteiger partial charge >= 0.3 is 0 Å². The first-order valence-electron chi connectivity index (χ1n) is 3.47. The van der Waals surface area contributed by atoms with Gasteiger partial charge in [0.25, 0.3) is 0 Å². The molecule has 1 aromatic heterocycles. The van der Waals surface area contributed by atoms with Crippen LogP contribution in [0.25, 0.3) is 0 Å². The van der Waals surface area contributed by atoms with Crippen molar-refractivity contribution in [2.24, 2.45) is 0 Å². The summed E-state index contributed by atoms with van der Waals surface area (Å²) >= 11 is 4.21. The lowest BCUT2D eigenvalue weighted by molar-refractivity contribution is 1.05. The molecule has 0 saturated carbocycles. The molecule has 0 radical (unpaired) electrons. The van der Waals surface area contributed by atoms with Crippen LogP contribution in [0.3, 0.4) is 0 Å². The van der Waals surface area contributed by atoms with Crippen molar-refractivity contribution < 1.29 is 0 Å². The first kappa shape index (κ1) is 8.40. The van der Waals surface area contributed by atoms with Crippen molar-refractivity contribution in [3.05, 3.63) is 23.9 Å². The molecule has 11 heavy (non-hydrogen) atoms. The lowest BCUT2D eigenvalue weighted by Crippen LogP contribution is -2.12. The van der Waals surface area contributed by atoms with Crippen LogP contribution in [0.4, 0.5) is 5.82 Å².